The Morgan fingerprint density at radius 1 is 1.53 bits per heavy atom. The molecule has 0 radical (unpaired) electrons. The van der Waals surface area contributed by atoms with Crippen LogP contribution in [0.5, 0.6) is 0 Å². The lowest BCUT2D eigenvalue weighted by Gasteiger charge is -2.22. The van der Waals surface area contributed by atoms with Gasteiger partial charge < -0.3 is 4.90 Å². The summed E-state index contributed by atoms with van der Waals surface area (Å²) in [5, 5.41) is 9.50. The molecule has 0 unspecified atom stereocenters. The van der Waals surface area contributed by atoms with E-state index in [1.165, 1.54) is 4.90 Å². The molecule has 0 spiro atoms. The fourth-order valence-corrected chi connectivity index (χ4v) is 2.02. The Morgan fingerprint density at radius 3 is 2.71 bits per heavy atom. The van der Waals surface area contributed by atoms with Gasteiger partial charge in [0.2, 0.25) is 0 Å². The second-order valence-corrected chi connectivity index (χ2v) is 4.90. The van der Waals surface area contributed by atoms with Crippen molar-refractivity contribution < 1.29 is 4.79 Å². The van der Waals surface area contributed by atoms with Gasteiger partial charge in [-0.15, -0.1) is 0 Å². The summed E-state index contributed by atoms with van der Waals surface area (Å²) in [6.07, 6.45) is 1.49. The molecule has 2 rings (SSSR count). The maximum atomic E-state index is 12.3. The molecule has 4 heteroatoms. The maximum Gasteiger partial charge on any atom is 0.256 e. The number of carbonyl (C=O) groups excluding carboxylic acids is 1. The van der Waals surface area contributed by atoms with Crippen molar-refractivity contribution in [3.8, 4) is 6.07 Å². The van der Waals surface area contributed by atoms with Crippen LogP contribution in [0, 0.1) is 18.3 Å². The van der Waals surface area contributed by atoms with Gasteiger partial charge in [-0.1, -0.05) is 23.2 Å². The minimum Gasteiger partial charge on any atom is -0.323 e. The lowest BCUT2D eigenvalue weighted by atomic mass is 10.1. The van der Waals surface area contributed by atoms with E-state index < -0.39 is 5.54 Å². The smallest absolute Gasteiger partial charge is 0.256 e. The van der Waals surface area contributed by atoms with Gasteiger partial charge in [0.25, 0.3) is 5.91 Å². The molecule has 0 aromatic heterocycles. The number of aryl methyl sites for hydroxylation is 1. The Kier molecular flexibility index (Phi) is 2.84. The van der Waals surface area contributed by atoms with E-state index in [4.69, 9.17) is 16.9 Å². The Bertz CT molecular complexity index is 515. The number of halogens is 1. The SMILES string of the molecule is Cc1ccc(Cl)c(C(=O)N(C)C2(C#N)CC2)c1. The molecular weight excluding hydrogens is 236 g/mol. The van der Waals surface area contributed by atoms with E-state index in [2.05, 4.69) is 6.07 Å². The van der Waals surface area contributed by atoms with Crippen molar-refractivity contribution in [1.82, 2.24) is 4.90 Å². The summed E-state index contributed by atoms with van der Waals surface area (Å²) in [7, 11) is 1.66. The number of amides is 1. The second kappa shape index (κ2) is 4.05. The number of benzene rings is 1. The van der Waals surface area contributed by atoms with Gasteiger partial charge in [-0.2, -0.15) is 5.26 Å². The summed E-state index contributed by atoms with van der Waals surface area (Å²) >= 11 is 6.02. The molecule has 1 fully saturated rings. The molecule has 0 aliphatic heterocycles. The number of carbonyl (C=O) groups is 1. The molecule has 0 N–H and O–H groups in total. The van der Waals surface area contributed by atoms with Gasteiger partial charge in [0.1, 0.15) is 5.54 Å². The molecule has 0 saturated heterocycles. The zero-order chi connectivity index (χ0) is 12.6. The standard InChI is InChI=1S/C13H13ClN2O/c1-9-3-4-11(14)10(7-9)12(17)16(2)13(8-15)5-6-13/h3-4,7H,5-6H2,1-2H3. The molecule has 17 heavy (non-hydrogen) atoms. The Balaban J connectivity index is 2.32. The molecule has 0 bridgehead atoms. The van der Waals surface area contributed by atoms with E-state index in [0.29, 0.717) is 10.6 Å². The molecule has 0 heterocycles. The third-order valence-electron chi connectivity index (χ3n) is 3.23. The molecule has 3 nitrogen and oxygen atoms in total. The Labute approximate surface area is 106 Å². The summed E-state index contributed by atoms with van der Waals surface area (Å²) in [5.41, 5.74) is 0.841. The number of hydrogen-bond acceptors (Lipinski definition) is 2. The molecule has 0 atom stereocenters. The van der Waals surface area contributed by atoms with Gasteiger partial charge in [0.05, 0.1) is 16.7 Å². The highest BCUT2D eigenvalue weighted by atomic mass is 35.5. The summed E-state index contributed by atoms with van der Waals surface area (Å²) in [6, 6.07) is 7.53. The maximum absolute atomic E-state index is 12.3. The molecule has 88 valence electrons. The van der Waals surface area contributed by atoms with Gasteiger partial charge in [-0.25, -0.2) is 0 Å². The minimum absolute atomic E-state index is 0.183. The van der Waals surface area contributed by atoms with Crippen molar-refractivity contribution >= 4 is 17.5 Å². The van der Waals surface area contributed by atoms with Gasteiger partial charge in [-0.3, -0.25) is 4.79 Å². The van der Waals surface area contributed by atoms with E-state index in [1.807, 2.05) is 13.0 Å². The normalized spacial score (nSPS) is 16.1. The van der Waals surface area contributed by atoms with Crippen molar-refractivity contribution in [2.75, 3.05) is 7.05 Å². The van der Waals surface area contributed by atoms with Crippen molar-refractivity contribution in [2.24, 2.45) is 0 Å². The van der Waals surface area contributed by atoms with Crippen LogP contribution in [0.2, 0.25) is 5.02 Å². The number of rotatable bonds is 2. The van der Waals surface area contributed by atoms with Crippen molar-refractivity contribution in [2.45, 2.75) is 25.3 Å². The monoisotopic (exact) mass is 248 g/mol. The quantitative estimate of drug-likeness (QED) is 0.808. The first-order valence-electron chi connectivity index (χ1n) is 5.46. The topological polar surface area (TPSA) is 44.1 Å². The van der Waals surface area contributed by atoms with Crippen molar-refractivity contribution in [3.05, 3.63) is 34.3 Å². The van der Waals surface area contributed by atoms with E-state index in [9.17, 15) is 4.79 Å². The predicted octanol–water partition coefficient (Wildman–Crippen LogP) is 2.78. The fourth-order valence-electron chi connectivity index (χ4n) is 1.82. The Hall–Kier alpha value is -1.53. The lowest BCUT2D eigenvalue weighted by molar-refractivity contribution is 0.0749. The average Bonchev–Trinajstić information content (AvgIpc) is 3.11. The highest BCUT2D eigenvalue weighted by Crippen LogP contribution is 2.41. The van der Waals surface area contributed by atoms with Gasteiger partial charge in [0.15, 0.2) is 0 Å². The molecule has 1 aromatic carbocycles. The molecule has 1 aromatic rings. The first kappa shape index (κ1) is 11.9. The summed E-state index contributed by atoms with van der Waals surface area (Å²) < 4.78 is 0. The first-order chi connectivity index (χ1) is 8.00. The summed E-state index contributed by atoms with van der Waals surface area (Å²) in [6.45, 7) is 1.91. The second-order valence-electron chi connectivity index (χ2n) is 4.49. The van der Waals surface area contributed by atoms with Crippen LogP contribution in [0.3, 0.4) is 0 Å². The highest BCUT2D eigenvalue weighted by molar-refractivity contribution is 6.33. The summed E-state index contributed by atoms with van der Waals surface area (Å²) in [4.78, 5) is 13.8. The molecule has 1 aliphatic rings. The zero-order valence-electron chi connectivity index (χ0n) is 9.83. The van der Waals surface area contributed by atoms with Crippen molar-refractivity contribution in [1.29, 1.82) is 5.26 Å². The largest absolute Gasteiger partial charge is 0.323 e. The average molecular weight is 249 g/mol. The zero-order valence-corrected chi connectivity index (χ0v) is 10.6. The van der Waals surface area contributed by atoms with Crippen LogP contribution in [-0.4, -0.2) is 23.4 Å². The van der Waals surface area contributed by atoms with Gasteiger partial charge in [0, 0.05) is 7.05 Å². The van der Waals surface area contributed by atoms with Crippen LogP contribution >= 0.6 is 11.6 Å². The fraction of sp³-hybridized carbons (Fsp3) is 0.385. The van der Waals surface area contributed by atoms with Crippen LogP contribution < -0.4 is 0 Å². The highest BCUT2D eigenvalue weighted by Gasteiger charge is 2.49. The number of nitriles is 1. The number of nitrogens with zero attached hydrogens (tertiary/aromatic N) is 2. The Morgan fingerprint density at radius 2 is 2.18 bits per heavy atom. The third-order valence-corrected chi connectivity index (χ3v) is 3.56. The van der Waals surface area contributed by atoms with Crippen LogP contribution in [-0.2, 0) is 0 Å². The van der Waals surface area contributed by atoms with E-state index >= 15 is 0 Å². The van der Waals surface area contributed by atoms with Gasteiger partial charge >= 0.3 is 0 Å². The predicted molar refractivity (Wildman–Crippen MR) is 65.9 cm³/mol. The first-order valence-corrected chi connectivity index (χ1v) is 5.83. The van der Waals surface area contributed by atoms with Crippen molar-refractivity contribution in [3.63, 3.8) is 0 Å². The third kappa shape index (κ3) is 2.01. The minimum atomic E-state index is -0.607. The molecular formula is C13H13ClN2O. The van der Waals surface area contributed by atoms with Crippen LogP contribution in [0.1, 0.15) is 28.8 Å². The molecule has 1 aliphatic carbocycles. The molecule has 1 amide bonds. The van der Waals surface area contributed by atoms with E-state index in [1.54, 1.807) is 19.2 Å². The summed E-state index contributed by atoms with van der Waals surface area (Å²) in [5.74, 6) is -0.183. The van der Waals surface area contributed by atoms with E-state index in [-0.39, 0.29) is 5.91 Å². The van der Waals surface area contributed by atoms with Crippen LogP contribution in [0.4, 0.5) is 0 Å². The van der Waals surface area contributed by atoms with E-state index in [0.717, 1.165) is 18.4 Å². The molecule has 1 saturated carbocycles. The lowest BCUT2D eigenvalue weighted by Crippen LogP contribution is -2.38. The van der Waals surface area contributed by atoms with Gasteiger partial charge in [-0.05, 0) is 31.9 Å². The van der Waals surface area contributed by atoms with Crippen LogP contribution in [0.15, 0.2) is 18.2 Å². The van der Waals surface area contributed by atoms with Crippen LogP contribution in [0.25, 0.3) is 0 Å². The number of hydrogen-bond donors (Lipinski definition) is 0.